The van der Waals surface area contributed by atoms with Crippen LogP contribution in [0.1, 0.15) is 16.1 Å². The third-order valence-corrected chi connectivity index (χ3v) is 6.16. The number of nitrogen functional groups attached to an aromatic ring is 1. The van der Waals surface area contributed by atoms with Crippen LogP contribution in [0.5, 0.6) is 11.5 Å². The van der Waals surface area contributed by atoms with Crippen LogP contribution in [0.25, 0.3) is 33.5 Å². The summed E-state index contributed by atoms with van der Waals surface area (Å²) in [4.78, 5) is 17.6. The number of amides is 1. The Morgan fingerprint density at radius 3 is 2.57 bits per heavy atom. The molecular formula is C28H19ClN4O4. The van der Waals surface area contributed by atoms with Gasteiger partial charge in [0.25, 0.3) is 0 Å². The van der Waals surface area contributed by atoms with E-state index in [1.165, 1.54) is 6.21 Å². The number of hydrogen-bond donors (Lipinski definition) is 2. The molecule has 9 heteroatoms. The minimum Gasteiger partial charge on any atom is -0.454 e. The maximum absolute atomic E-state index is 13.0. The van der Waals surface area contributed by atoms with Gasteiger partial charge in [-0.05, 0) is 53.1 Å². The number of rotatable bonds is 5. The van der Waals surface area contributed by atoms with E-state index in [1.807, 2.05) is 48.5 Å². The molecule has 1 amide bonds. The van der Waals surface area contributed by atoms with Gasteiger partial charge in [-0.3, -0.25) is 4.79 Å². The minimum absolute atomic E-state index is 0.0734. The lowest BCUT2D eigenvalue weighted by molar-refractivity contribution is 0.0930. The molecule has 37 heavy (non-hydrogen) atoms. The molecule has 8 nitrogen and oxygen atoms in total. The average molecular weight is 511 g/mol. The maximum Gasteiger partial charge on any atom is 0.309 e. The fraction of sp³-hybridized carbons (Fsp3) is 0.0357. The fourth-order valence-electron chi connectivity index (χ4n) is 4.11. The molecule has 0 radical (unpaired) electrons. The van der Waals surface area contributed by atoms with E-state index in [-0.39, 0.29) is 24.0 Å². The first-order valence-corrected chi connectivity index (χ1v) is 11.7. The number of furan rings is 1. The second-order valence-electron chi connectivity index (χ2n) is 8.26. The van der Waals surface area contributed by atoms with Gasteiger partial charge in [-0.25, -0.2) is 10.4 Å². The molecule has 0 aliphatic carbocycles. The summed E-state index contributed by atoms with van der Waals surface area (Å²) in [6, 6.07) is 24.3. The molecule has 2 aromatic heterocycles. The standard InChI is InChI=1S/C28H19ClN4O4/c29-19-9-7-18(8-10-19)21-13-20(17-4-2-1-3-5-17)24-25(30)26(37-28(24)32-21)27(34)33-31-14-16-6-11-22-23(12-16)36-15-35-22/h1-14H,15,30H2,(H,33,34)/b31-14-. The third kappa shape index (κ3) is 4.34. The van der Waals surface area contributed by atoms with Crippen molar-refractivity contribution in [3.63, 3.8) is 0 Å². The van der Waals surface area contributed by atoms with Crippen molar-refractivity contribution in [3.05, 3.63) is 95.2 Å². The number of nitrogens with one attached hydrogen (secondary N) is 1. The number of nitrogens with two attached hydrogens (primary N) is 1. The van der Waals surface area contributed by atoms with Crippen LogP contribution in [0.15, 0.2) is 88.4 Å². The number of anilines is 1. The van der Waals surface area contributed by atoms with E-state index >= 15 is 0 Å². The summed E-state index contributed by atoms with van der Waals surface area (Å²) >= 11 is 6.06. The molecule has 182 valence electrons. The number of ether oxygens (including phenoxy) is 2. The predicted octanol–water partition coefficient (Wildman–Crippen LogP) is 5.89. The minimum atomic E-state index is -0.598. The number of benzene rings is 3. The van der Waals surface area contributed by atoms with E-state index < -0.39 is 5.91 Å². The molecule has 0 saturated heterocycles. The van der Waals surface area contributed by atoms with Crippen LogP contribution in [-0.2, 0) is 0 Å². The summed E-state index contributed by atoms with van der Waals surface area (Å²) in [5.41, 5.74) is 13.3. The molecule has 3 heterocycles. The zero-order valence-corrected chi connectivity index (χ0v) is 20.0. The highest BCUT2D eigenvalue weighted by Crippen LogP contribution is 2.38. The summed E-state index contributed by atoms with van der Waals surface area (Å²) in [6.07, 6.45) is 1.49. The van der Waals surface area contributed by atoms with Gasteiger partial charge in [0, 0.05) is 10.6 Å². The molecule has 1 aliphatic rings. The monoisotopic (exact) mass is 510 g/mol. The molecule has 0 spiro atoms. The number of fused-ring (bicyclic) bond motifs is 2. The molecule has 0 saturated carbocycles. The normalized spacial score (nSPS) is 12.4. The quantitative estimate of drug-likeness (QED) is 0.225. The summed E-state index contributed by atoms with van der Waals surface area (Å²) in [5.74, 6) is 0.610. The van der Waals surface area contributed by atoms with Gasteiger partial charge >= 0.3 is 5.91 Å². The van der Waals surface area contributed by atoms with E-state index in [2.05, 4.69) is 15.5 Å². The first kappa shape index (κ1) is 22.6. The van der Waals surface area contributed by atoms with Crippen molar-refractivity contribution >= 4 is 40.5 Å². The molecular weight excluding hydrogens is 492 g/mol. The Bertz CT molecular complexity index is 1660. The lowest BCUT2D eigenvalue weighted by Crippen LogP contribution is -2.18. The van der Waals surface area contributed by atoms with Crippen molar-refractivity contribution in [3.8, 4) is 33.9 Å². The van der Waals surface area contributed by atoms with Crippen molar-refractivity contribution in [2.24, 2.45) is 5.10 Å². The number of hydrogen-bond acceptors (Lipinski definition) is 7. The van der Waals surface area contributed by atoms with E-state index in [0.717, 1.165) is 22.3 Å². The molecule has 0 bridgehead atoms. The number of carbonyl (C=O) groups is 1. The number of nitrogens with zero attached hydrogens (tertiary/aromatic N) is 2. The average Bonchev–Trinajstić information content (AvgIpc) is 3.53. The highest BCUT2D eigenvalue weighted by Gasteiger charge is 2.23. The Kier molecular flexibility index (Phi) is 5.71. The van der Waals surface area contributed by atoms with E-state index in [1.54, 1.807) is 30.3 Å². The maximum atomic E-state index is 13.0. The summed E-state index contributed by atoms with van der Waals surface area (Å²) in [6.45, 7) is 0.177. The van der Waals surface area contributed by atoms with Crippen molar-refractivity contribution < 1.29 is 18.7 Å². The van der Waals surface area contributed by atoms with Gasteiger partial charge in [0.1, 0.15) is 0 Å². The van der Waals surface area contributed by atoms with Crippen LogP contribution in [-0.4, -0.2) is 23.9 Å². The summed E-state index contributed by atoms with van der Waals surface area (Å²) in [7, 11) is 0. The molecule has 6 rings (SSSR count). The van der Waals surface area contributed by atoms with Gasteiger partial charge in [-0.2, -0.15) is 5.10 Å². The first-order chi connectivity index (χ1) is 18.1. The Hall–Kier alpha value is -4.82. The Morgan fingerprint density at radius 1 is 0.973 bits per heavy atom. The van der Waals surface area contributed by atoms with Gasteiger partial charge in [-0.1, -0.05) is 54.1 Å². The smallest absolute Gasteiger partial charge is 0.309 e. The van der Waals surface area contributed by atoms with Crippen LogP contribution in [0.2, 0.25) is 5.02 Å². The fourth-order valence-corrected chi connectivity index (χ4v) is 4.24. The molecule has 0 atom stereocenters. The molecule has 1 aliphatic heterocycles. The molecule has 5 aromatic rings. The molecule has 3 N–H and O–H groups in total. The summed E-state index contributed by atoms with van der Waals surface area (Å²) < 4.78 is 16.6. The first-order valence-electron chi connectivity index (χ1n) is 11.3. The number of aromatic nitrogens is 1. The van der Waals surface area contributed by atoms with Gasteiger partial charge in [-0.15, -0.1) is 0 Å². The summed E-state index contributed by atoms with van der Waals surface area (Å²) in [5, 5.41) is 5.21. The molecule has 0 fully saturated rings. The Balaban J connectivity index is 1.36. The van der Waals surface area contributed by atoms with Crippen LogP contribution in [0.3, 0.4) is 0 Å². The largest absolute Gasteiger partial charge is 0.454 e. The third-order valence-electron chi connectivity index (χ3n) is 5.91. The van der Waals surface area contributed by atoms with Crippen molar-refractivity contribution in [1.29, 1.82) is 0 Å². The zero-order valence-electron chi connectivity index (χ0n) is 19.3. The van der Waals surface area contributed by atoms with Crippen LogP contribution in [0, 0.1) is 0 Å². The van der Waals surface area contributed by atoms with Gasteiger partial charge in [0.15, 0.2) is 11.5 Å². The lowest BCUT2D eigenvalue weighted by Gasteiger charge is -2.08. The highest BCUT2D eigenvalue weighted by atomic mass is 35.5. The highest BCUT2D eigenvalue weighted by molar-refractivity contribution is 6.30. The van der Waals surface area contributed by atoms with Crippen LogP contribution in [0.4, 0.5) is 5.69 Å². The number of hydrazone groups is 1. The lowest BCUT2D eigenvalue weighted by atomic mass is 9.99. The Morgan fingerprint density at radius 2 is 1.76 bits per heavy atom. The Labute approximate surface area is 216 Å². The van der Waals surface area contributed by atoms with Gasteiger partial charge < -0.3 is 19.6 Å². The van der Waals surface area contributed by atoms with Crippen molar-refractivity contribution in [2.75, 3.05) is 12.5 Å². The number of halogens is 1. The van der Waals surface area contributed by atoms with Gasteiger partial charge in [0.2, 0.25) is 18.3 Å². The van der Waals surface area contributed by atoms with Crippen LogP contribution < -0.4 is 20.6 Å². The molecule has 0 unspecified atom stereocenters. The number of pyridine rings is 1. The topological polar surface area (TPSA) is 112 Å². The van der Waals surface area contributed by atoms with Gasteiger partial charge in [0.05, 0.1) is 23.0 Å². The predicted molar refractivity (Wildman–Crippen MR) is 142 cm³/mol. The SMILES string of the molecule is Nc1c(C(=O)N/N=C\c2ccc3c(c2)OCO3)oc2nc(-c3ccc(Cl)cc3)cc(-c3ccccc3)c12. The molecule has 3 aromatic carbocycles. The van der Waals surface area contributed by atoms with Crippen LogP contribution >= 0.6 is 11.6 Å². The second-order valence-corrected chi connectivity index (χ2v) is 8.70. The van der Waals surface area contributed by atoms with E-state index in [9.17, 15) is 4.79 Å². The van der Waals surface area contributed by atoms with Crippen molar-refractivity contribution in [2.45, 2.75) is 0 Å². The zero-order chi connectivity index (χ0) is 25.4. The van der Waals surface area contributed by atoms with E-state index in [0.29, 0.717) is 27.6 Å². The van der Waals surface area contributed by atoms with Crippen molar-refractivity contribution in [1.82, 2.24) is 10.4 Å². The second kappa shape index (κ2) is 9.33. The van der Waals surface area contributed by atoms with E-state index in [4.69, 9.17) is 31.2 Å². The number of carbonyl (C=O) groups excluding carboxylic acids is 1.